The number of hydrogen-bond donors (Lipinski definition) is 1. The maximum Gasteiger partial charge on any atom is 0.335 e. The Morgan fingerprint density at radius 3 is 2.76 bits per heavy atom. The summed E-state index contributed by atoms with van der Waals surface area (Å²) in [5.74, 6) is -0.870. The summed E-state index contributed by atoms with van der Waals surface area (Å²) < 4.78 is 0. The van der Waals surface area contributed by atoms with Crippen molar-refractivity contribution in [3.63, 3.8) is 0 Å². The molecule has 0 saturated carbocycles. The summed E-state index contributed by atoms with van der Waals surface area (Å²) >= 11 is 1.67. The van der Waals surface area contributed by atoms with Gasteiger partial charge in [0.15, 0.2) is 0 Å². The van der Waals surface area contributed by atoms with Gasteiger partial charge in [-0.25, -0.2) is 4.79 Å². The van der Waals surface area contributed by atoms with Crippen molar-refractivity contribution in [3.8, 4) is 0 Å². The number of carboxylic acids is 1. The summed E-state index contributed by atoms with van der Waals surface area (Å²) in [4.78, 5) is 12.2. The molecule has 0 fully saturated rings. The third-order valence-corrected chi connectivity index (χ3v) is 3.25. The van der Waals surface area contributed by atoms with Gasteiger partial charge in [-0.1, -0.05) is 30.3 Å². The average molecular weight is 244 g/mol. The van der Waals surface area contributed by atoms with Crippen LogP contribution in [0.3, 0.4) is 0 Å². The number of aromatic carboxylic acids is 1. The van der Waals surface area contributed by atoms with E-state index in [2.05, 4.69) is 0 Å². The standard InChI is InChI=1S/C14H12O2S/c15-14(16)13-9-2-1-5-11(13)6-3-7-12-8-4-10-17-12/h1-5,7-10H,6H2,(H,15,16)/b7-3+. The van der Waals surface area contributed by atoms with Crippen LogP contribution in [0.4, 0.5) is 0 Å². The Labute approximate surface area is 104 Å². The van der Waals surface area contributed by atoms with E-state index in [4.69, 9.17) is 5.11 Å². The van der Waals surface area contributed by atoms with E-state index in [1.54, 1.807) is 23.5 Å². The first-order valence-electron chi connectivity index (χ1n) is 5.28. The molecule has 3 heteroatoms. The third kappa shape index (κ3) is 3.04. The van der Waals surface area contributed by atoms with Crippen LogP contribution in [0.5, 0.6) is 0 Å². The molecule has 1 N–H and O–H groups in total. The van der Waals surface area contributed by atoms with E-state index < -0.39 is 5.97 Å². The molecule has 2 rings (SSSR count). The van der Waals surface area contributed by atoms with Crippen LogP contribution in [0.25, 0.3) is 6.08 Å². The molecule has 0 unspecified atom stereocenters. The Bertz CT molecular complexity index is 527. The number of rotatable bonds is 4. The lowest BCUT2D eigenvalue weighted by Crippen LogP contribution is -2.00. The van der Waals surface area contributed by atoms with Crippen LogP contribution in [-0.4, -0.2) is 11.1 Å². The van der Waals surface area contributed by atoms with E-state index in [0.717, 1.165) is 5.56 Å². The van der Waals surface area contributed by atoms with Crippen LogP contribution >= 0.6 is 11.3 Å². The molecule has 0 radical (unpaired) electrons. The van der Waals surface area contributed by atoms with Crippen molar-refractivity contribution in [3.05, 3.63) is 63.9 Å². The van der Waals surface area contributed by atoms with Gasteiger partial charge in [0, 0.05) is 4.88 Å². The van der Waals surface area contributed by atoms with Gasteiger partial charge < -0.3 is 5.11 Å². The first-order valence-corrected chi connectivity index (χ1v) is 6.16. The normalized spacial score (nSPS) is 10.8. The van der Waals surface area contributed by atoms with E-state index in [1.165, 1.54) is 4.88 Å². The van der Waals surface area contributed by atoms with Crippen molar-refractivity contribution in [2.24, 2.45) is 0 Å². The predicted molar refractivity (Wildman–Crippen MR) is 70.5 cm³/mol. The second kappa shape index (κ2) is 5.46. The van der Waals surface area contributed by atoms with Gasteiger partial charge in [0.05, 0.1) is 5.56 Å². The lowest BCUT2D eigenvalue weighted by Gasteiger charge is -2.01. The molecule has 0 bridgehead atoms. The number of benzene rings is 1. The summed E-state index contributed by atoms with van der Waals surface area (Å²) in [5.41, 5.74) is 1.22. The molecule has 1 heterocycles. The maximum absolute atomic E-state index is 11.0. The van der Waals surface area contributed by atoms with Crippen molar-refractivity contribution in [1.82, 2.24) is 0 Å². The molecule has 0 aliphatic carbocycles. The molecular formula is C14H12O2S. The van der Waals surface area contributed by atoms with Gasteiger partial charge in [0.2, 0.25) is 0 Å². The quantitative estimate of drug-likeness (QED) is 0.890. The molecule has 17 heavy (non-hydrogen) atoms. The first kappa shape index (κ1) is 11.6. The van der Waals surface area contributed by atoms with Gasteiger partial charge >= 0.3 is 5.97 Å². The molecular weight excluding hydrogens is 232 g/mol. The van der Waals surface area contributed by atoms with Gasteiger partial charge in [-0.2, -0.15) is 0 Å². The van der Waals surface area contributed by atoms with Crippen molar-refractivity contribution < 1.29 is 9.90 Å². The second-order valence-electron chi connectivity index (χ2n) is 3.58. The van der Waals surface area contributed by atoms with E-state index in [9.17, 15) is 4.79 Å². The lowest BCUT2D eigenvalue weighted by molar-refractivity contribution is 0.0696. The number of carbonyl (C=O) groups is 1. The smallest absolute Gasteiger partial charge is 0.335 e. The largest absolute Gasteiger partial charge is 0.478 e. The number of thiophene rings is 1. The van der Waals surface area contributed by atoms with Gasteiger partial charge in [-0.15, -0.1) is 11.3 Å². The third-order valence-electron chi connectivity index (χ3n) is 2.41. The molecule has 0 amide bonds. The predicted octanol–water partition coefficient (Wildman–Crippen LogP) is 3.70. The molecule has 2 nitrogen and oxygen atoms in total. The molecule has 0 spiro atoms. The molecule has 0 atom stereocenters. The molecule has 86 valence electrons. The maximum atomic E-state index is 11.0. The molecule has 0 saturated heterocycles. The second-order valence-corrected chi connectivity index (χ2v) is 4.56. The minimum atomic E-state index is -0.870. The Balaban J connectivity index is 2.11. The van der Waals surface area contributed by atoms with Crippen molar-refractivity contribution in [1.29, 1.82) is 0 Å². The van der Waals surface area contributed by atoms with Crippen molar-refractivity contribution >= 4 is 23.4 Å². The summed E-state index contributed by atoms with van der Waals surface area (Å²) in [7, 11) is 0. The first-order chi connectivity index (χ1) is 8.27. The number of allylic oxidation sites excluding steroid dienone is 1. The zero-order valence-corrected chi connectivity index (χ0v) is 9.98. The Hall–Kier alpha value is -1.87. The minimum Gasteiger partial charge on any atom is -0.478 e. The van der Waals surface area contributed by atoms with Crippen LogP contribution in [0, 0.1) is 0 Å². The zero-order chi connectivity index (χ0) is 12.1. The van der Waals surface area contributed by atoms with Crippen LogP contribution in [0.15, 0.2) is 47.9 Å². The van der Waals surface area contributed by atoms with Gasteiger partial charge in [-0.05, 0) is 35.6 Å². The molecule has 2 aromatic rings. The number of hydrogen-bond acceptors (Lipinski definition) is 2. The highest BCUT2D eigenvalue weighted by Gasteiger charge is 2.06. The van der Waals surface area contributed by atoms with E-state index in [1.807, 2.05) is 41.8 Å². The summed E-state index contributed by atoms with van der Waals surface area (Å²) in [6.07, 6.45) is 4.65. The molecule has 1 aromatic heterocycles. The molecule has 0 aliphatic heterocycles. The van der Waals surface area contributed by atoms with Gasteiger partial charge in [0.1, 0.15) is 0 Å². The van der Waals surface area contributed by atoms with E-state index in [-0.39, 0.29) is 0 Å². The topological polar surface area (TPSA) is 37.3 Å². The summed E-state index contributed by atoms with van der Waals surface area (Å²) in [6.45, 7) is 0. The fourth-order valence-electron chi connectivity index (χ4n) is 1.60. The van der Waals surface area contributed by atoms with Crippen LogP contribution in [-0.2, 0) is 6.42 Å². The van der Waals surface area contributed by atoms with Crippen LogP contribution < -0.4 is 0 Å². The highest BCUT2D eigenvalue weighted by molar-refractivity contribution is 7.10. The van der Waals surface area contributed by atoms with Gasteiger partial charge in [-0.3, -0.25) is 0 Å². The highest BCUT2D eigenvalue weighted by Crippen LogP contribution is 2.13. The summed E-state index contributed by atoms with van der Waals surface area (Å²) in [5, 5.41) is 11.0. The molecule has 1 aromatic carbocycles. The summed E-state index contributed by atoms with van der Waals surface area (Å²) in [6, 6.07) is 11.1. The van der Waals surface area contributed by atoms with Crippen molar-refractivity contribution in [2.45, 2.75) is 6.42 Å². The lowest BCUT2D eigenvalue weighted by atomic mass is 10.0. The highest BCUT2D eigenvalue weighted by atomic mass is 32.1. The monoisotopic (exact) mass is 244 g/mol. The van der Waals surface area contributed by atoms with E-state index >= 15 is 0 Å². The zero-order valence-electron chi connectivity index (χ0n) is 9.17. The van der Waals surface area contributed by atoms with Crippen molar-refractivity contribution in [2.75, 3.05) is 0 Å². The number of carboxylic acid groups (broad SMARTS) is 1. The Morgan fingerprint density at radius 2 is 2.06 bits per heavy atom. The van der Waals surface area contributed by atoms with Crippen LogP contribution in [0.2, 0.25) is 0 Å². The Kier molecular flexibility index (Phi) is 3.73. The van der Waals surface area contributed by atoms with Gasteiger partial charge in [0.25, 0.3) is 0 Å². The fourth-order valence-corrected chi connectivity index (χ4v) is 2.24. The fraction of sp³-hybridized carbons (Fsp3) is 0.0714. The average Bonchev–Trinajstić information content (AvgIpc) is 2.82. The minimum absolute atomic E-state index is 0.378. The molecule has 0 aliphatic rings. The SMILES string of the molecule is O=C(O)c1ccccc1C/C=C/c1cccs1. The Morgan fingerprint density at radius 1 is 1.24 bits per heavy atom. The van der Waals surface area contributed by atoms with Crippen LogP contribution in [0.1, 0.15) is 20.8 Å². The van der Waals surface area contributed by atoms with E-state index in [0.29, 0.717) is 12.0 Å².